The van der Waals surface area contributed by atoms with E-state index in [2.05, 4.69) is 10.5 Å². The number of rotatable bonds is 3. The highest BCUT2D eigenvalue weighted by atomic mass is 32.2. The molecule has 2 aliphatic rings. The molecule has 19 heavy (non-hydrogen) atoms. The Morgan fingerprint density at radius 2 is 2.37 bits per heavy atom. The summed E-state index contributed by atoms with van der Waals surface area (Å²) in [5.41, 5.74) is 13.1. The third-order valence-electron chi connectivity index (χ3n) is 2.65. The van der Waals surface area contributed by atoms with Gasteiger partial charge in [-0.1, -0.05) is 0 Å². The first-order valence-corrected chi connectivity index (χ1v) is 6.28. The fourth-order valence-corrected chi connectivity index (χ4v) is 3.06. The van der Waals surface area contributed by atoms with Crippen molar-refractivity contribution < 1.29 is 14.7 Å². The van der Waals surface area contributed by atoms with Crippen LogP contribution in [0.2, 0.25) is 0 Å². The van der Waals surface area contributed by atoms with Crippen molar-refractivity contribution >= 4 is 35.8 Å². The van der Waals surface area contributed by atoms with E-state index in [-0.39, 0.29) is 17.0 Å². The van der Waals surface area contributed by atoms with Gasteiger partial charge in [0.05, 0.1) is 6.21 Å². The number of amides is 1. The largest absolute Gasteiger partial charge is 0.477 e. The Kier molecular flexibility index (Phi) is 3.44. The van der Waals surface area contributed by atoms with Crippen molar-refractivity contribution in [2.75, 3.05) is 5.75 Å². The van der Waals surface area contributed by atoms with Gasteiger partial charge in [-0.05, 0) is 0 Å². The highest BCUT2D eigenvalue weighted by molar-refractivity contribution is 8.00. The number of carbonyl (C=O) groups excluding carboxylic acids is 1. The second-order valence-corrected chi connectivity index (χ2v) is 5.00. The maximum absolute atomic E-state index is 11.6. The molecule has 0 bridgehead atoms. The Labute approximate surface area is 112 Å². The van der Waals surface area contributed by atoms with Gasteiger partial charge in [-0.25, -0.2) is 10.2 Å². The van der Waals surface area contributed by atoms with Crippen LogP contribution in [0, 0.1) is 5.41 Å². The first kappa shape index (κ1) is 13.4. The average molecular weight is 284 g/mol. The zero-order valence-electron chi connectivity index (χ0n) is 9.66. The van der Waals surface area contributed by atoms with Crippen LogP contribution in [0.25, 0.3) is 0 Å². The zero-order valence-corrected chi connectivity index (χ0v) is 10.5. The minimum absolute atomic E-state index is 0.121. The van der Waals surface area contributed by atoms with Crippen LogP contribution in [0.5, 0.6) is 0 Å². The number of nitrogens with zero attached hydrogens (tertiary/aromatic N) is 2. The van der Waals surface area contributed by atoms with E-state index in [9.17, 15) is 14.7 Å². The summed E-state index contributed by atoms with van der Waals surface area (Å²) in [5, 5.41) is 19.4. The molecule has 1 fully saturated rings. The maximum atomic E-state index is 11.6. The van der Waals surface area contributed by atoms with Crippen LogP contribution in [-0.2, 0) is 9.59 Å². The quantitative estimate of drug-likeness (QED) is 0.174. The Morgan fingerprint density at radius 1 is 1.68 bits per heavy atom. The van der Waals surface area contributed by atoms with Crippen molar-refractivity contribution in [2.24, 2.45) is 16.6 Å². The second kappa shape index (κ2) is 4.90. The first-order chi connectivity index (χ1) is 8.93. The molecule has 2 aliphatic heterocycles. The van der Waals surface area contributed by atoms with Gasteiger partial charge in [-0.2, -0.15) is 5.10 Å². The fraction of sp³-hybridized carbons (Fsp3) is 0.333. The molecule has 1 saturated heterocycles. The molecule has 0 radical (unpaired) electrons. The predicted molar refractivity (Wildman–Crippen MR) is 69.3 cm³/mol. The van der Waals surface area contributed by atoms with Crippen LogP contribution in [0.1, 0.15) is 0 Å². The van der Waals surface area contributed by atoms with Crippen LogP contribution in [0.15, 0.2) is 16.4 Å². The minimum Gasteiger partial charge on any atom is -0.477 e. The van der Waals surface area contributed by atoms with Crippen molar-refractivity contribution in [3.8, 4) is 0 Å². The molecule has 0 aromatic rings. The number of hydrogen-bond acceptors (Lipinski definition) is 6. The molecule has 0 aromatic carbocycles. The lowest BCUT2D eigenvalue weighted by atomic mass is 10.0. The Bertz CT molecular complexity index is 516. The van der Waals surface area contributed by atoms with Crippen LogP contribution in [0.3, 0.4) is 0 Å². The summed E-state index contributed by atoms with van der Waals surface area (Å²) in [6, 6.07) is -0.659. The molecule has 0 spiro atoms. The van der Waals surface area contributed by atoms with E-state index in [4.69, 9.17) is 16.9 Å². The number of carboxylic acids is 1. The van der Waals surface area contributed by atoms with E-state index >= 15 is 0 Å². The van der Waals surface area contributed by atoms with E-state index in [0.29, 0.717) is 11.3 Å². The number of nitrogens with one attached hydrogen (secondary N) is 2. The lowest BCUT2D eigenvalue weighted by Gasteiger charge is -2.47. The number of β-lactam (4-membered cyclic amide) rings is 1. The molecule has 2 heterocycles. The number of aliphatic carboxylic acids is 1. The molecule has 2 atom stereocenters. The van der Waals surface area contributed by atoms with E-state index in [0.717, 1.165) is 4.90 Å². The number of fused-ring (bicyclic) bond motifs is 1. The Morgan fingerprint density at radius 3 is 2.95 bits per heavy atom. The van der Waals surface area contributed by atoms with Crippen LogP contribution >= 0.6 is 11.8 Å². The Hall–Kier alpha value is -2.07. The third-order valence-corrected chi connectivity index (χ3v) is 3.97. The maximum Gasteiger partial charge on any atom is 0.353 e. The van der Waals surface area contributed by atoms with Gasteiger partial charge in [0, 0.05) is 11.3 Å². The minimum atomic E-state index is -1.21. The molecule has 102 valence electrons. The third kappa shape index (κ3) is 2.27. The van der Waals surface area contributed by atoms with Gasteiger partial charge >= 0.3 is 5.97 Å². The van der Waals surface area contributed by atoms with Gasteiger partial charge in [-0.15, -0.1) is 11.8 Å². The number of carboxylic acid groups (broad SMARTS) is 1. The van der Waals surface area contributed by atoms with Crippen LogP contribution < -0.4 is 16.9 Å². The van der Waals surface area contributed by atoms with Gasteiger partial charge < -0.3 is 16.6 Å². The predicted octanol–water partition coefficient (Wildman–Crippen LogP) is -1.96. The number of carbonyl (C=O) groups is 2. The fourth-order valence-electron chi connectivity index (χ4n) is 1.82. The van der Waals surface area contributed by atoms with Crippen LogP contribution in [0.4, 0.5) is 0 Å². The molecule has 1 unspecified atom stereocenters. The molecule has 7 N–H and O–H groups in total. The van der Waals surface area contributed by atoms with E-state index in [1.807, 2.05) is 0 Å². The average Bonchev–Trinajstić information content (AvgIpc) is 2.36. The highest BCUT2D eigenvalue weighted by Gasteiger charge is 2.51. The molecule has 10 heteroatoms. The number of guanidine groups is 1. The van der Waals surface area contributed by atoms with Gasteiger partial charge in [0.1, 0.15) is 17.1 Å². The second-order valence-electron chi connectivity index (χ2n) is 3.90. The summed E-state index contributed by atoms with van der Waals surface area (Å²) >= 11 is 1.37. The molecule has 0 aliphatic carbocycles. The zero-order chi connectivity index (χ0) is 14.2. The van der Waals surface area contributed by atoms with Crippen LogP contribution in [-0.4, -0.2) is 51.2 Å². The normalized spacial score (nSPS) is 26.2. The van der Waals surface area contributed by atoms with Crippen molar-refractivity contribution in [1.29, 1.82) is 5.41 Å². The number of nitrogens with two attached hydrogens (primary N) is 2. The summed E-state index contributed by atoms with van der Waals surface area (Å²) in [6.45, 7) is 0. The lowest BCUT2D eigenvalue weighted by Crippen LogP contribution is -2.68. The monoisotopic (exact) mass is 284 g/mol. The van der Waals surface area contributed by atoms with Crippen molar-refractivity contribution in [1.82, 2.24) is 10.3 Å². The smallest absolute Gasteiger partial charge is 0.353 e. The number of thioether (sulfide) groups is 1. The molecular weight excluding hydrogens is 272 g/mol. The molecule has 2 rings (SSSR count). The summed E-state index contributed by atoms with van der Waals surface area (Å²) < 4.78 is 0. The highest BCUT2D eigenvalue weighted by Crippen LogP contribution is 2.38. The summed E-state index contributed by atoms with van der Waals surface area (Å²) in [5.74, 6) is -1.63. The topological polar surface area (TPSA) is 158 Å². The summed E-state index contributed by atoms with van der Waals surface area (Å²) in [6.07, 6.45) is 1.24. The standard InChI is InChI=1S/C9H12N6O3S/c10-4-6(16)15-5(8(17)18)3(2-19-7(4)15)1-13-14-9(11)12/h1,4,7H,2,10H2,(H,17,18)(H4,11,12,14)/b13-1+/t4?,7-/m1/s1. The van der Waals surface area contributed by atoms with E-state index in [1.165, 1.54) is 18.0 Å². The Balaban J connectivity index is 2.28. The van der Waals surface area contributed by atoms with E-state index in [1.54, 1.807) is 0 Å². The summed E-state index contributed by atoms with van der Waals surface area (Å²) in [7, 11) is 0. The summed E-state index contributed by atoms with van der Waals surface area (Å²) in [4.78, 5) is 24.0. The van der Waals surface area contributed by atoms with Gasteiger partial charge in [-0.3, -0.25) is 15.1 Å². The molecule has 0 aromatic heterocycles. The van der Waals surface area contributed by atoms with Gasteiger partial charge in [0.25, 0.3) is 0 Å². The van der Waals surface area contributed by atoms with Gasteiger partial charge in [0.2, 0.25) is 11.9 Å². The number of hydrogen-bond donors (Lipinski definition) is 5. The molecular formula is C9H12N6O3S. The van der Waals surface area contributed by atoms with Gasteiger partial charge in [0.15, 0.2) is 0 Å². The van der Waals surface area contributed by atoms with E-state index < -0.39 is 17.9 Å². The molecule has 0 saturated carbocycles. The molecule has 9 nitrogen and oxygen atoms in total. The van der Waals surface area contributed by atoms with Crippen molar-refractivity contribution in [3.63, 3.8) is 0 Å². The SMILES string of the molecule is N=C(N)N/N=C/C1=C(C(=O)O)N2C(=O)C(N)[C@H]2SC1. The number of hydrazone groups is 1. The molecule has 1 amide bonds. The first-order valence-electron chi connectivity index (χ1n) is 5.23. The lowest BCUT2D eigenvalue weighted by molar-refractivity contribution is -0.147. The van der Waals surface area contributed by atoms with Crippen molar-refractivity contribution in [2.45, 2.75) is 11.4 Å². The van der Waals surface area contributed by atoms with Crippen molar-refractivity contribution in [3.05, 3.63) is 11.3 Å².